The number of hydrogen-bond donors (Lipinski definition) is 1. The second-order valence-corrected chi connectivity index (χ2v) is 9.34. The highest BCUT2D eigenvalue weighted by molar-refractivity contribution is 5.96. The van der Waals surface area contributed by atoms with Gasteiger partial charge in [-0.1, -0.05) is 13.0 Å². The van der Waals surface area contributed by atoms with E-state index in [2.05, 4.69) is 17.9 Å². The van der Waals surface area contributed by atoms with Crippen LogP contribution in [0.1, 0.15) is 48.3 Å². The summed E-state index contributed by atoms with van der Waals surface area (Å²) in [5.41, 5.74) is 9.96. The number of amides is 1. The van der Waals surface area contributed by atoms with Gasteiger partial charge in [-0.3, -0.25) is 9.59 Å². The molecule has 0 aliphatic carbocycles. The van der Waals surface area contributed by atoms with Crippen molar-refractivity contribution in [2.45, 2.75) is 38.6 Å². The number of benzene rings is 1. The SMILES string of the molecule is CC1CCN(C(=O)c2ccc(N3CC4Cc5cccc(=O)n5C(C4)C3)c(N)c2)CC1. The van der Waals surface area contributed by atoms with Gasteiger partial charge in [-0.15, -0.1) is 0 Å². The maximum atomic E-state index is 12.9. The van der Waals surface area contributed by atoms with Crippen LogP contribution in [0.3, 0.4) is 0 Å². The first kappa shape index (κ1) is 19.2. The van der Waals surface area contributed by atoms with Crippen LogP contribution < -0.4 is 16.2 Å². The van der Waals surface area contributed by atoms with Crippen molar-refractivity contribution >= 4 is 17.3 Å². The normalized spacial score (nSPS) is 23.9. The van der Waals surface area contributed by atoms with Gasteiger partial charge in [-0.2, -0.15) is 0 Å². The van der Waals surface area contributed by atoms with Gasteiger partial charge in [-0.05, 0) is 61.8 Å². The summed E-state index contributed by atoms with van der Waals surface area (Å²) >= 11 is 0. The molecule has 1 amide bonds. The number of rotatable bonds is 2. The van der Waals surface area contributed by atoms with E-state index in [4.69, 9.17) is 5.73 Å². The summed E-state index contributed by atoms with van der Waals surface area (Å²) in [6.45, 7) is 5.60. The van der Waals surface area contributed by atoms with Crippen molar-refractivity contribution in [3.8, 4) is 0 Å². The number of carbonyl (C=O) groups is 1. The lowest BCUT2D eigenvalue weighted by Crippen LogP contribution is -2.48. The fourth-order valence-electron chi connectivity index (χ4n) is 5.50. The molecule has 1 aromatic heterocycles. The molecule has 4 heterocycles. The minimum Gasteiger partial charge on any atom is -0.397 e. The average Bonchev–Trinajstić information content (AvgIpc) is 2.73. The van der Waals surface area contributed by atoms with E-state index < -0.39 is 0 Å². The molecule has 2 bridgehead atoms. The molecule has 2 fully saturated rings. The second-order valence-electron chi connectivity index (χ2n) is 9.34. The third-order valence-electron chi connectivity index (χ3n) is 7.14. The number of nitrogens with two attached hydrogens (primary N) is 1. The number of carbonyl (C=O) groups excluding carboxylic acids is 1. The number of anilines is 2. The number of piperidine rings is 2. The zero-order valence-electron chi connectivity index (χ0n) is 17.6. The summed E-state index contributed by atoms with van der Waals surface area (Å²) in [4.78, 5) is 29.6. The second kappa shape index (κ2) is 7.49. The smallest absolute Gasteiger partial charge is 0.253 e. The molecule has 2 unspecified atom stereocenters. The molecular formula is C24H30N4O2. The number of aromatic nitrogens is 1. The van der Waals surface area contributed by atoms with Crippen LogP contribution in [0.5, 0.6) is 0 Å². The summed E-state index contributed by atoms with van der Waals surface area (Å²) in [5.74, 6) is 1.29. The lowest BCUT2D eigenvalue weighted by Gasteiger charge is -2.44. The Labute approximate surface area is 177 Å². The first-order chi connectivity index (χ1) is 14.5. The third kappa shape index (κ3) is 3.38. The molecule has 2 N–H and O–H groups in total. The first-order valence-corrected chi connectivity index (χ1v) is 11.1. The molecule has 6 heteroatoms. The Morgan fingerprint density at radius 1 is 1.10 bits per heavy atom. The molecule has 0 saturated carbocycles. The van der Waals surface area contributed by atoms with Crippen LogP contribution in [0.4, 0.5) is 11.4 Å². The standard InChI is InChI=1S/C24H30N4O2/c1-16-7-9-26(10-8-16)24(30)18-5-6-22(21(25)13-18)27-14-17-11-19-3-2-4-23(29)28(19)20(12-17)15-27/h2-6,13,16-17,20H,7-12,14-15,25H2,1H3. The van der Waals surface area contributed by atoms with Crippen molar-refractivity contribution in [2.75, 3.05) is 36.8 Å². The lowest BCUT2D eigenvalue weighted by molar-refractivity contribution is 0.0697. The number of fused-ring (bicyclic) bond motifs is 4. The van der Waals surface area contributed by atoms with Crippen molar-refractivity contribution < 1.29 is 4.79 Å². The molecule has 158 valence electrons. The molecule has 6 nitrogen and oxygen atoms in total. The maximum absolute atomic E-state index is 12.9. The average molecular weight is 407 g/mol. The first-order valence-electron chi connectivity index (χ1n) is 11.1. The molecule has 3 aliphatic heterocycles. The molecule has 2 atom stereocenters. The number of nitrogens with zero attached hydrogens (tertiary/aromatic N) is 3. The lowest BCUT2D eigenvalue weighted by atomic mass is 9.85. The summed E-state index contributed by atoms with van der Waals surface area (Å²) in [6.07, 6.45) is 4.09. The van der Waals surface area contributed by atoms with Crippen molar-refractivity contribution in [3.05, 3.63) is 58.0 Å². The minimum absolute atomic E-state index is 0.0798. The van der Waals surface area contributed by atoms with E-state index >= 15 is 0 Å². The molecule has 2 saturated heterocycles. The number of nitrogen functional groups attached to an aromatic ring is 1. The van der Waals surface area contributed by atoms with Crippen LogP contribution in [0.2, 0.25) is 0 Å². The van der Waals surface area contributed by atoms with Crippen LogP contribution in [-0.4, -0.2) is 41.6 Å². The van der Waals surface area contributed by atoms with Gasteiger partial charge in [0, 0.05) is 43.5 Å². The number of likely N-dealkylation sites (tertiary alicyclic amines) is 1. The molecule has 5 rings (SSSR count). The Morgan fingerprint density at radius 2 is 1.90 bits per heavy atom. The van der Waals surface area contributed by atoms with E-state index in [0.29, 0.717) is 23.1 Å². The van der Waals surface area contributed by atoms with Crippen LogP contribution in [-0.2, 0) is 6.42 Å². The predicted octanol–water partition coefficient (Wildman–Crippen LogP) is 2.93. The summed E-state index contributed by atoms with van der Waals surface area (Å²) in [5, 5.41) is 0. The van der Waals surface area contributed by atoms with Crippen molar-refractivity contribution in [2.24, 2.45) is 11.8 Å². The van der Waals surface area contributed by atoms with Gasteiger partial charge in [0.25, 0.3) is 11.5 Å². The Balaban J connectivity index is 1.36. The van der Waals surface area contributed by atoms with E-state index in [9.17, 15) is 9.59 Å². The molecular weight excluding hydrogens is 376 g/mol. The van der Waals surface area contributed by atoms with Crippen LogP contribution in [0.15, 0.2) is 41.2 Å². The molecule has 3 aliphatic rings. The third-order valence-corrected chi connectivity index (χ3v) is 7.14. The zero-order valence-corrected chi connectivity index (χ0v) is 17.6. The summed E-state index contributed by atoms with van der Waals surface area (Å²) < 4.78 is 1.97. The summed E-state index contributed by atoms with van der Waals surface area (Å²) in [6, 6.07) is 11.5. The van der Waals surface area contributed by atoms with Gasteiger partial charge in [0.2, 0.25) is 0 Å². The molecule has 0 spiro atoms. The van der Waals surface area contributed by atoms with Gasteiger partial charge in [0.05, 0.1) is 17.4 Å². The van der Waals surface area contributed by atoms with Gasteiger partial charge >= 0.3 is 0 Å². The highest BCUT2D eigenvalue weighted by Gasteiger charge is 2.35. The van der Waals surface area contributed by atoms with Gasteiger partial charge in [-0.25, -0.2) is 0 Å². The highest BCUT2D eigenvalue weighted by Crippen LogP contribution is 2.37. The van der Waals surface area contributed by atoms with E-state index in [1.54, 1.807) is 6.07 Å². The Bertz CT molecular complexity index is 1020. The number of hydrogen-bond acceptors (Lipinski definition) is 4. The Morgan fingerprint density at radius 3 is 2.67 bits per heavy atom. The fourth-order valence-corrected chi connectivity index (χ4v) is 5.50. The highest BCUT2D eigenvalue weighted by atomic mass is 16.2. The van der Waals surface area contributed by atoms with Gasteiger partial charge < -0.3 is 20.1 Å². The van der Waals surface area contributed by atoms with Gasteiger partial charge in [0.15, 0.2) is 0 Å². The van der Waals surface area contributed by atoms with E-state index in [-0.39, 0.29) is 17.5 Å². The topological polar surface area (TPSA) is 71.6 Å². The van der Waals surface area contributed by atoms with E-state index in [1.807, 2.05) is 33.7 Å². The maximum Gasteiger partial charge on any atom is 0.253 e. The van der Waals surface area contributed by atoms with Crippen LogP contribution >= 0.6 is 0 Å². The number of pyridine rings is 1. The fraction of sp³-hybridized carbons (Fsp3) is 0.500. The quantitative estimate of drug-likeness (QED) is 0.779. The van der Waals surface area contributed by atoms with E-state index in [1.165, 1.54) is 0 Å². The molecule has 30 heavy (non-hydrogen) atoms. The Kier molecular flexibility index (Phi) is 4.80. The van der Waals surface area contributed by atoms with Crippen molar-refractivity contribution in [3.63, 3.8) is 0 Å². The van der Waals surface area contributed by atoms with Gasteiger partial charge in [0.1, 0.15) is 0 Å². The zero-order chi connectivity index (χ0) is 20.8. The van der Waals surface area contributed by atoms with Crippen LogP contribution in [0.25, 0.3) is 0 Å². The largest absolute Gasteiger partial charge is 0.397 e. The summed E-state index contributed by atoms with van der Waals surface area (Å²) in [7, 11) is 0. The van der Waals surface area contributed by atoms with Crippen LogP contribution in [0, 0.1) is 11.8 Å². The van der Waals surface area contributed by atoms with Crippen molar-refractivity contribution in [1.29, 1.82) is 0 Å². The minimum atomic E-state index is 0.0798. The predicted molar refractivity (Wildman–Crippen MR) is 119 cm³/mol. The van der Waals surface area contributed by atoms with E-state index in [0.717, 1.165) is 63.2 Å². The monoisotopic (exact) mass is 406 g/mol. The Hall–Kier alpha value is -2.76. The molecule has 0 radical (unpaired) electrons. The molecule has 2 aromatic rings. The van der Waals surface area contributed by atoms with Crippen molar-refractivity contribution in [1.82, 2.24) is 9.47 Å². The molecule has 1 aromatic carbocycles.